The number of imide groups is 1. The predicted molar refractivity (Wildman–Crippen MR) is 104 cm³/mol. The summed E-state index contributed by atoms with van der Waals surface area (Å²) in [7, 11) is 0. The van der Waals surface area contributed by atoms with Crippen LogP contribution >= 0.6 is 15.9 Å². The van der Waals surface area contributed by atoms with E-state index in [4.69, 9.17) is 0 Å². The first-order valence-electron chi connectivity index (χ1n) is 9.55. The number of allylic oxidation sites excluding steroid dienone is 2. The fraction of sp³-hybridized carbons (Fsp3) is 0.476. The van der Waals surface area contributed by atoms with E-state index in [1.54, 1.807) is 0 Å². The number of nitrogens with one attached hydrogen (secondary N) is 1. The molecule has 4 aliphatic carbocycles. The number of aryl methyl sites for hydroxylation is 1. The van der Waals surface area contributed by atoms with Crippen LogP contribution in [0.3, 0.4) is 0 Å². The third kappa shape index (κ3) is 2.60. The van der Waals surface area contributed by atoms with Gasteiger partial charge in [-0.1, -0.05) is 28.1 Å². The van der Waals surface area contributed by atoms with E-state index in [2.05, 4.69) is 33.4 Å². The van der Waals surface area contributed by atoms with Crippen molar-refractivity contribution in [1.29, 1.82) is 0 Å². The van der Waals surface area contributed by atoms with Crippen molar-refractivity contribution in [2.75, 3.05) is 11.9 Å². The first-order chi connectivity index (χ1) is 13.0. The molecule has 140 valence electrons. The largest absolute Gasteiger partial charge is 0.326 e. The molecule has 3 amide bonds. The standard InChI is InChI=1S/C21H21BrN2O3/c1-10-8-11(22)2-5-16(10)23-17(25)6-7-24-20(26)18-12-3-4-13(15-9-14(12)15)19(18)21(24)27/h2-5,8,12-15,18-19H,6-7,9H2,1H3,(H,23,25)/t12-,13-,14-,15+,18-,19+/m0/s1. The van der Waals surface area contributed by atoms with Crippen LogP contribution in [-0.4, -0.2) is 29.2 Å². The van der Waals surface area contributed by atoms with Gasteiger partial charge in [0.2, 0.25) is 17.7 Å². The number of amides is 3. The van der Waals surface area contributed by atoms with Gasteiger partial charge < -0.3 is 5.32 Å². The maximum atomic E-state index is 12.9. The summed E-state index contributed by atoms with van der Waals surface area (Å²) in [6.45, 7) is 2.09. The van der Waals surface area contributed by atoms with Gasteiger partial charge in [-0.3, -0.25) is 19.3 Å². The summed E-state index contributed by atoms with van der Waals surface area (Å²) in [5.74, 6) is 0.963. The molecular formula is C21H21BrN2O3. The highest BCUT2D eigenvalue weighted by Crippen LogP contribution is 2.65. The van der Waals surface area contributed by atoms with Crippen LogP contribution in [0.4, 0.5) is 5.69 Å². The van der Waals surface area contributed by atoms with Crippen LogP contribution in [0.25, 0.3) is 0 Å². The third-order valence-corrected chi connectivity index (χ3v) is 7.27. The molecular weight excluding hydrogens is 408 g/mol. The fourth-order valence-electron chi connectivity index (χ4n) is 5.43. The van der Waals surface area contributed by atoms with Gasteiger partial charge in [-0.25, -0.2) is 0 Å². The minimum atomic E-state index is -0.187. The lowest BCUT2D eigenvalue weighted by atomic mass is 9.63. The van der Waals surface area contributed by atoms with Crippen LogP contribution in [-0.2, 0) is 14.4 Å². The molecule has 5 nitrogen and oxygen atoms in total. The summed E-state index contributed by atoms with van der Waals surface area (Å²) in [6, 6.07) is 5.64. The Bertz CT molecular complexity index is 859. The number of hydrogen-bond acceptors (Lipinski definition) is 3. The summed E-state index contributed by atoms with van der Waals surface area (Å²) in [6.07, 6.45) is 5.61. The van der Waals surface area contributed by atoms with Crippen LogP contribution in [0.1, 0.15) is 18.4 Å². The molecule has 6 rings (SSSR count). The highest BCUT2D eigenvalue weighted by Gasteiger charge is 2.66. The van der Waals surface area contributed by atoms with Crippen molar-refractivity contribution in [1.82, 2.24) is 4.90 Å². The fourth-order valence-corrected chi connectivity index (χ4v) is 5.91. The zero-order chi connectivity index (χ0) is 18.9. The maximum absolute atomic E-state index is 12.9. The van der Waals surface area contributed by atoms with Crippen LogP contribution in [0.2, 0.25) is 0 Å². The molecule has 6 heteroatoms. The number of anilines is 1. The molecule has 0 unspecified atom stereocenters. The third-order valence-electron chi connectivity index (χ3n) is 6.78. The molecule has 1 heterocycles. The van der Waals surface area contributed by atoms with E-state index in [-0.39, 0.29) is 54.4 Å². The van der Waals surface area contributed by atoms with E-state index in [0.29, 0.717) is 11.8 Å². The van der Waals surface area contributed by atoms with Crippen molar-refractivity contribution in [3.05, 3.63) is 40.4 Å². The van der Waals surface area contributed by atoms with Crippen molar-refractivity contribution >= 4 is 39.3 Å². The lowest BCUT2D eigenvalue weighted by molar-refractivity contribution is -0.140. The lowest BCUT2D eigenvalue weighted by Gasteiger charge is -2.37. The van der Waals surface area contributed by atoms with E-state index in [9.17, 15) is 14.4 Å². The molecule has 3 fully saturated rings. The zero-order valence-electron chi connectivity index (χ0n) is 15.0. The average Bonchev–Trinajstić information content (AvgIpc) is 3.41. The smallest absolute Gasteiger partial charge is 0.233 e. The minimum Gasteiger partial charge on any atom is -0.326 e. The van der Waals surface area contributed by atoms with Gasteiger partial charge in [0.05, 0.1) is 11.8 Å². The Morgan fingerprint density at radius 1 is 1.15 bits per heavy atom. The molecule has 2 saturated carbocycles. The molecule has 1 saturated heterocycles. The Morgan fingerprint density at radius 2 is 1.78 bits per heavy atom. The molecule has 1 aliphatic heterocycles. The monoisotopic (exact) mass is 428 g/mol. The number of carbonyl (C=O) groups excluding carboxylic acids is 3. The minimum absolute atomic E-state index is 0.0673. The summed E-state index contributed by atoms with van der Waals surface area (Å²) in [5.41, 5.74) is 1.71. The zero-order valence-corrected chi connectivity index (χ0v) is 16.6. The molecule has 5 aliphatic rings. The van der Waals surface area contributed by atoms with Crippen molar-refractivity contribution in [2.24, 2.45) is 35.5 Å². The van der Waals surface area contributed by atoms with Crippen molar-refractivity contribution in [3.63, 3.8) is 0 Å². The predicted octanol–water partition coefficient (Wildman–Crippen LogP) is 3.14. The summed E-state index contributed by atoms with van der Waals surface area (Å²) >= 11 is 3.40. The van der Waals surface area contributed by atoms with Gasteiger partial charge in [0.15, 0.2) is 0 Å². The molecule has 2 bridgehead atoms. The van der Waals surface area contributed by atoms with Gasteiger partial charge in [0.25, 0.3) is 0 Å². The van der Waals surface area contributed by atoms with Crippen molar-refractivity contribution in [3.8, 4) is 0 Å². The Morgan fingerprint density at radius 3 is 2.37 bits per heavy atom. The topological polar surface area (TPSA) is 66.5 Å². The van der Waals surface area contributed by atoms with Crippen LogP contribution in [0.15, 0.2) is 34.8 Å². The van der Waals surface area contributed by atoms with Gasteiger partial charge in [0, 0.05) is 23.1 Å². The highest BCUT2D eigenvalue weighted by atomic mass is 79.9. The normalized spacial score (nSPS) is 35.3. The summed E-state index contributed by atoms with van der Waals surface area (Å²) < 4.78 is 0.954. The summed E-state index contributed by atoms with van der Waals surface area (Å²) in [4.78, 5) is 39.5. The maximum Gasteiger partial charge on any atom is 0.233 e. The second kappa shape index (κ2) is 6.03. The van der Waals surface area contributed by atoms with E-state index in [1.807, 2.05) is 25.1 Å². The lowest BCUT2D eigenvalue weighted by Crippen LogP contribution is -2.40. The van der Waals surface area contributed by atoms with Crippen LogP contribution in [0, 0.1) is 42.4 Å². The Kier molecular flexibility index (Phi) is 3.83. The van der Waals surface area contributed by atoms with Crippen LogP contribution in [0.5, 0.6) is 0 Å². The van der Waals surface area contributed by atoms with E-state index in [0.717, 1.165) is 22.1 Å². The molecule has 1 aromatic rings. The average molecular weight is 429 g/mol. The molecule has 1 aromatic carbocycles. The molecule has 0 aromatic heterocycles. The van der Waals surface area contributed by atoms with Crippen molar-refractivity contribution in [2.45, 2.75) is 19.8 Å². The number of rotatable bonds is 4. The Labute approximate surface area is 166 Å². The molecule has 0 spiro atoms. The Balaban J connectivity index is 1.25. The number of benzene rings is 1. The van der Waals surface area contributed by atoms with E-state index in [1.165, 1.54) is 4.90 Å². The summed E-state index contributed by atoms with van der Waals surface area (Å²) in [5, 5.41) is 2.88. The van der Waals surface area contributed by atoms with Crippen molar-refractivity contribution < 1.29 is 14.4 Å². The van der Waals surface area contributed by atoms with Gasteiger partial charge in [-0.05, 0) is 60.8 Å². The van der Waals surface area contributed by atoms with Gasteiger partial charge in [-0.2, -0.15) is 0 Å². The number of hydrogen-bond donors (Lipinski definition) is 1. The molecule has 6 atom stereocenters. The molecule has 1 N–H and O–H groups in total. The molecule has 0 radical (unpaired) electrons. The highest BCUT2D eigenvalue weighted by molar-refractivity contribution is 9.10. The number of halogens is 1. The first-order valence-corrected chi connectivity index (χ1v) is 10.3. The number of likely N-dealkylation sites (tertiary alicyclic amines) is 1. The van der Waals surface area contributed by atoms with E-state index >= 15 is 0 Å². The number of carbonyl (C=O) groups is 3. The van der Waals surface area contributed by atoms with Gasteiger partial charge >= 0.3 is 0 Å². The second-order valence-corrected chi connectivity index (χ2v) is 9.16. The quantitative estimate of drug-likeness (QED) is 0.591. The Hall–Kier alpha value is -1.95. The van der Waals surface area contributed by atoms with E-state index < -0.39 is 0 Å². The first kappa shape index (κ1) is 17.2. The second-order valence-electron chi connectivity index (χ2n) is 8.24. The van der Waals surface area contributed by atoms with Gasteiger partial charge in [-0.15, -0.1) is 0 Å². The van der Waals surface area contributed by atoms with Gasteiger partial charge in [0.1, 0.15) is 0 Å². The van der Waals surface area contributed by atoms with Crippen LogP contribution < -0.4 is 5.32 Å². The number of nitrogens with zero attached hydrogens (tertiary/aromatic N) is 1. The molecule has 27 heavy (non-hydrogen) atoms. The SMILES string of the molecule is Cc1cc(Br)ccc1NC(=O)CCN1C(=O)[C@@H]2[C@H]3C=C[C@@H]([C@@H]4C[C@H]34)[C@@H]2C1=O.